The summed E-state index contributed by atoms with van der Waals surface area (Å²) in [6, 6.07) is 4.09. The molecule has 5 heteroatoms. The number of halogens is 2. The fraction of sp³-hybridized carbons (Fsp3) is 0.417. The first-order valence-electron chi connectivity index (χ1n) is 5.30. The van der Waals surface area contributed by atoms with Gasteiger partial charge in [-0.05, 0) is 31.5 Å². The Hall–Kier alpha value is -1.29. The molecule has 1 amide bonds. The zero-order valence-corrected chi connectivity index (χ0v) is 10.6. The molecule has 1 aromatic carbocycles. The first-order valence-corrected chi connectivity index (χ1v) is 5.74. The maximum absolute atomic E-state index is 13.3. The standard InChI is InChI=1S/C12H15ClFNO2/c1-8(13)5-6-15-12(16)9-3-4-11(17-2)10(14)7-9/h3-4,7-8H,5-6H2,1-2H3,(H,15,16). The summed E-state index contributed by atoms with van der Waals surface area (Å²) in [5, 5.41) is 2.67. The number of amides is 1. The predicted molar refractivity (Wildman–Crippen MR) is 65.2 cm³/mol. The van der Waals surface area contributed by atoms with E-state index in [0.717, 1.165) is 6.07 Å². The summed E-state index contributed by atoms with van der Waals surface area (Å²) in [4.78, 5) is 11.6. The molecule has 94 valence electrons. The van der Waals surface area contributed by atoms with Crippen LogP contribution >= 0.6 is 11.6 Å². The van der Waals surface area contributed by atoms with Crippen molar-refractivity contribution in [1.29, 1.82) is 0 Å². The van der Waals surface area contributed by atoms with Crippen molar-refractivity contribution in [3.05, 3.63) is 29.6 Å². The molecule has 0 aliphatic heterocycles. The Labute approximate surface area is 105 Å². The normalized spacial score (nSPS) is 12.0. The minimum Gasteiger partial charge on any atom is -0.494 e. The van der Waals surface area contributed by atoms with Gasteiger partial charge in [0, 0.05) is 17.5 Å². The summed E-state index contributed by atoms with van der Waals surface area (Å²) in [6.07, 6.45) is 0.673. The Morgan fingerprint density at radius 1 is 1.59 bits per heavy atom. The Kier molecular flexibility index (Phi) is 5.22. The van der Waals surface area contributed by atoms with Crippen LogP contribution in [0.15, 0.2) is 18.2 Å². The van der Waals surface area contributed by atoms with E-state index in [-0.39, 0.29) is 22.6 Å². The third-order valence-corrected chi connectivity index (χ3v) is 2.46. The number of carbonyl (C=O) groups excluding carboxylic acids is 1. The molecule has 0 bridgehead atoms. The highest BCUT2D eigenvalue weighted by molar-refractivity contribution is 6.20. The third-order valence-electron chi connectivity index (χ3n) is 2.24. The molecule has 0 heterocycles. The zero-order valence-electron chi connectivity index (χ0n) is 9.80. The number of alkyl halides is 1. The van der Waals surface area contributed by atoms with Crippen molar-refractivity contribution in [3.8, 4) is 5.75 Å². The topological polar surface area (TPSA) is 38.3 Å². The van der Waals surface area contributed by atoms with Crippen LogP contribution in [0.1, 0.15) is 23.7 Å². The van der Waals surface area contributed by atoms with Gasteiger partial charge in [0.15, 0.2) is 11.6 Å². The molecule has 3 nitrogen and oxygen atoms in total. The molecule has 0 aliphatic carbocycles. The van der Waals surface area contributed by atoms with Crippen molar-refractivity contribution in [3.63, 3.8) is 0 Å². The smallest absolute Gasteiger partial charge is 0.251 e. The summed E-state index contributed by atoms with van der Waals surface area (Å²) in [5.41, 5.74) is 0.269. The molecule has 1 unspecified atom stereocenters. The third kappa shape index (κ3) is 4.23. The van der Waals surface area contributed by atoms with Crippen LogP contribution in [0.5, 0.6) is 5.75 Å². The lowest BCUT2D eigenvalue weighted by Crippen LogP contribution is -2.25. The largest absolute Gasteiger partial charge is 0.494 e. The van der Waals surface area contributed by atoms with Gasteiger partial charge in [-0.25, -0.2) is 4.39 Å². The van der Waals surface area contributed by atoms with Crippen LogP contribution in [-0.2, 0) is 0 Å². The SMILES string of the molecule is COc1ccc(C(=O)NCCC(C)Cl)cc1F. The van der Waals surface area contributed by atoms with E-state index in [2.05, 4.69) is 5.32 Å². The van der Waals surface area contributed by atoms with Crippen molar-refractivity contribution in [1.82, 2.24) is 5.32 Å². The van der Waals surface area contributed by atoms with Gasteiger partial charge in [-0.15, -0.1) is 11.6 Å². The number of hydrogen-bond donors (Lipinski definition) is 1. The van der Waals surface area contributed by atoms with Crippen molar-refractivity contribution < 1.29 is 13.9 Å². The molecule has 0 saturated heterocycles. The fourth-order valence-corrected chi connectivity index (χ4v) is 1.40. The van der Waals surface area contributed by atoms with Crippen molar-refractivity contribution in [2.24, 2.45) is 0 Å². The summed E-state index contributed by atoms with van der Waals surface area (Å²) < 4.78 is 18.1. The molecule has 17 heavy (non-hydrogen) atoms. The number of nitrogens with one attached hydrogen (secondary N) is 1. The molecule has 0 spiro atoms. The summed E-state index contributed by atoms with van der Waals surface area (Å²) in [7, 11) is 1.38. The van der Waals surface area contributed by atoms with Crippen molar-refractivity contribution in [2.75, 3.05) is 13.7 Å². The van der Waals surface area contributed by atoms with E-state index in [1.165, 1.54) is 19.2 Å². The Morgan fingerprint density at radius 2 is 2.29 bits per heavy atom. The van der Waals surface area contributed by atoms with Gasteiger partial charge in [0.05, 0.1) is 7.11 Å². The first-order chi connectivity index (χ1) is 8.04. The predicted octanol–water partition coefficient (Wildman–Crippen LogP) is 2.58. The average Bonchev–Trinajstić information content (AvgIpc) is 2.28. The van der Waals surface area contributed by atoms with Gasteiger partial charge < -0.3 is 10.1 Å². The van der Waals surface area contributed by atoms with Crippen LogP contribution in [-0.4, -0.2) is 24.9 Å². The van der Waals surface area contributed by atoms with Crippen molar-refractivity contribution >= 4 is 17.5 Å². The lowest BCUT2D eigenvalue weighted by atomic mass is 10.2. The Balaban J connectivity index is 2.60. The van der Waals surface area contributed by atoms with Crippen LogP contribution in [0.4, 0.5) is 4.39 Å². The van der Waals surface area contributed by atoms with Crippen LogP contribution in [0, 0.1) is 5.82 Å². The summed E-state index contributed by atoms with van der Waals surface area (Å²) in [5.74, 6) is -0.745. The van der Waals surface area contributed by atoms with E-state index in [1.807, 2.05) is 6.92 Å². The molecule has 0 saturated carbocycles. The van der Waals surface area contributed by atoms with Crippen molar-refractivity contribution in [2.45, 2.75) is 18.7 Å². The zero-order chi connectivity index (χ0) is 12.8. The Bertz CT molecular complexity index is 396. The van der Waals surface area contributed by atoms with E-state index in [0.29, 0.717) is 13.0 Å². The number of carbonyl (C=O) groups is 1. The van der Waals surface area contributed by atoms with E-state index >= 15 is 0 Å². The molecule has 1 rings (SSSR count). The highest BCUT2D eigenvalue weighted by atomic mass is 35.5. The van der Waals surface area contributed by atoms with Gasteiger partial charge in [0.2, 0.25) is 0 Å². The van der Waals surface area contributed by atoms with Crippen LogP contribution < -0.4 is 10.1 Å². The molecular formula is C12H15ClFNO2. The van der Waals surface area contributed by atoms with Gasteiger partial charge in [-0.3, -0.25) is 4.79 Å². The average molecular weight is 260 g/mol. The minimum absolute atomic E-state index is 0.00269. The first kappa shape index (κ1) is 13.8. The number of hydrogen-bond acceptors (Lipinski definition) is 2. The van der Waals surface area contributed by atoms with Gasteiger partial charge in [-0.2, -0.15) is 0 Å². The monoisotopic (exact) mass is 259 g/mol. The van der Waals surface area contributed by atoms with Crippen LogP contribution in [0.3, 0.4) is 0 Å². The van der Waals surface area contributed by atoms with E-state index in [9.17, 15) is 9.18 Å². The number of ether oxygens (including phenoxy) is 1. The highest BCUT2D eigenvalue weighted by Crippen LogP contribution is 2.17. The van der Waals surface area contributed by atoms with Gasteiger partial charge in [0.1, 0.15) is 0 Å². The molecule has 1 atom stereocenters. The second-order valence-electron chi connectivity index (χ2n) is 3.67. The number of methoxy groups -OCH3 is 1. The van der Waals surface area contributed by atoms with Gasteiger partial charge >= 0.3 is 0 Å². The molecule has 0 radical (unpaired) electrons. The molecule has 0 fully saturated rings. The van der Waals surface area contributed by atoms with Gasteiger partial charge in [0.25, 0.3) is 5.91 Å². The maximum atomic E-state index is 13.3. The molecule has 1 aromatic rings. The molecule has 0 aromatic heterocycles. The van der Waals surface area contributed by atoms with E-state index < -0.39 is 5.82 Å². The maximum Gasteiger partial charge on any atom is 0.251 e. The summed E-state index contributed by atoms with van der Waals surface area (Å²) >= 11 is 5.74. The van der Waals surface area contributed by atoms with E-state index in [1.54, 1.807) is 0 Å². The lowest BCUT2D eigenvalue weighted by Gasteiger charge is -2.07. The molecule has 0 aliphatic rings. The number of benzene rings is 1. The Morgan fingerprint density at radius 3 is 2.82 bits per heavy atom. The molecular weight excluding hydrogens is 245 g/mol. The lowest BCUT2D eigenvalue weighted by molar-refractivity contribution is 0.0953. The quantitative estimate of drug-likeness (QED) is 0.826. The molecule has 1 N–H and O–H groups in total. The minimum atomic E-state index is -0.550. The fourth-order valence-electron chi connectivity index (χ4n) is 1.29. The van der Waals surface area contributed by atoms with Crippen LogP contribution in [0.2, 0.25) is 0 Å². The second-order valence-corrected chi connectivity index (χ2v) is 4.42. The highest BCUT2D eigenvalue weighted by Gasteiger charge is 2.09. The van der Waals surface area contributed by atoms with Gasteiger partial charge in [-0.1, -0.05) is 0 Å². The van der Waals surface area contributed by atoms with E-state index in [4.69, 9.17) is 16.3 Å². The summed E-state index contributed by atoms with van der Waals surface area (Å²) in [6.45, 7) is 2.32. The number of rotatable bonds is 5. The second kappa shape index (κ2) is 6.45. The van der Waals surface area contributed by atoms with Crippen LogP contribution in [0.25, 0.3) is 0 Å².